The third kappa shape index (κ3) is 14.7. The van der Waals surface area contributed by atoms with Crippen LogP contribution in [0.25, 0.3) is 0 Å². The van der Waals surface area contributed by atoms with E-state index in [1.165, 1.54) is 26.1 Å². The van der Waals surface area contributed by atoms with Crippen molar-refractivity contribution in [3.05, 3.63) is 0 Å². The maximum absolute atomic E-state index is 3.15. The van der Waals surface area contributed by atoms with Crippen LogP contribution in [0.15, 0.2) is 0 Å². The minimum Gasteiger partial charge on any atom is -0.318 e. The van der Waals surface area contributed by atoms with Gasteiger partial charge in [-0.3, -0.25) is 0 Å². The molecule has 1 N–H and O–H groups in total. The van der Waals surface area contributed by atoms with Gasteiger partial charge in [0.25, 0.3) is 0 Å². The Morgan fingerprint density at radius 3 is 1.92 bits per heavy atom. The summed E-state index contributed by atoms with van der Waals surface area (Å²) < 4.78 is 0. The van der Waals surface area contributed by atoms with Crippen molar-refractivity contribution < 1.29 is 0 Å². The predicted molar refractivity (Wildman–Crippen MR) is 64.4 cm³/mol. The molecule has 2 nitrogen and oxygen atoms in total. The Bertz CT molecular complexity index is 65.1. The molecule has 0 amide bonds. The fourth-order valence-electron chi connectivity index (χ4n) is 1.01. The SMILES string of the molecule is C.CC.CCCN(CC)CCNC. The molecule has 0 aromatic heterocycles. The van der Waals surface area contributed by atoms with Crippen molar-refractivity contribution in [3.63, 3.8) is 0 Å². The minimum atomic E-state index is 0. The monoisotopic (exact) mass is 190 g/mol. The highest BCUT2D eigenvalue weighted by atomic mass is 15.1. The van der Waals surface area contributed by atoms with E-state index in [-0.39, 0.29) is 7.43 Å². The van der Waals surface area contributed by atoms with E-state index < -0.39 is 0 Å². The molecule has 0 aromatic rings. The fourth-order valence-corrected chi connectivity index (χ4v) is 1.01. The molecule has 0 heterocycles. The van der Waals surface area contributed by atoms with Crippen LogP contribution in [0, 0.1) is 0 Å². The van der Waals surface area contributed by atoms with E-state index in [1.807, 2.05) is 20.9 Å². The number of nitrogens with one attached hydrogen (secondary N) is 1. The van der Waals surface area contributed by atoms with Crippen molar-refractivity contribution >= 4 is 0 Å². The van der Waals surface area contributed by atoms with Crippen molar-refractivity contribution in [1.82, 2.24) is 10.2 Å². The standard InChI is InChI=1S/C8H20N2.C2H6.CH4/c1-4-7-10(5-2)8-6-9-3;1-2;/h9H,4-8H2,1-3H3;1-2H3;1H4. The molecule has 2 heteroatoms. The Morgan fingerprint density at radius 2 is 1.62 bits per heavy atom. The highest BCUT2D eigenvalue weighted by Crippen LogP contribution is 1.88. The molecule has 0 rings (SSSR count). The van der Waals surface area contributed by atoms with Crippen molar-refractivity contribution in [2.45, 2.75) is 41.5 Å². The van der Waals surface area contributed by atoms with E-state index in [2.05, 4.69) is 24.1 Å². The van der Waals surface area contributed by atoms with Crippen LogP contribution >= 0.6 is 0 Å². The van der Waals surface area contributed by atoms with Gasteiger partial charge in [0.05, 0.1) is 0 Å². The number of rotatable bonds is 6. The largest absolute Gasteiger partial charge is 0.318 e. The van der Waals surface area contributed by atoms with E-state index in [0.717, 1.165) is 6.54 Å². The van der Waals surface area contributed by atoms with Crippen LogP contribution in [0.1, 0.15) is 41.5 Å². The molecule has 13 heavy (non-hydrogen) atoms. The summed E-state index contributed by atoms with van der Waals surface area (Å²) in [4.78, 5) is 2.45. The Labute approximate surface area is 85.7 Å². The molecule has 0 aliphatic heterocycles. The molecule has 0 atom stereocenters. The molecule has 84 valence electrons. The van der Waals surface area contributed by atoms with Gasteiger partial charge in [-0.2, -0.15) is 0 Å². The lowest BCUT2D eigenvalue weighted by Gasteiger charge is -2.18. The van der Waals surface area contributed by atoms with Crippen molar-refractivity contribution in [1.29, 1.82) is 0 Å². The van der Waals surface area contributed by atoms with Gasteiger partial charge in [-0.05, 0) is 26.6 Å². The molecular weight excluding hydrogens is 160 g/mol. The highest BCUT2D eigenvalue weighted by Gasteiger charge is 1.97. The van der Waals surface area contributed by atoms with Crippen LogP contribution in [-0.2, 0) is 0 Å². The zero-order chi connectivity index (χ0) is 9.82. The summed E-state index contributed by atoms with van der Waals surface area (Å²) in [5, 5.41) is 3.15. The molecule has 0 unspecified atom stereocenters. The summed E-state index contributed by atoms with van der Waals surface area (Å²) in [6.07, 6.45) is 1.26. The number of hydrogen-bond acceptors (Lipinski definition) is 2. The Kier molecular flexibility index (Phi) is 25.6. The molecule has 0 radical (unpaired) electrons. The van der Waals surface area contributed by atoms with E-state index >= 15 is 0 Å². The van der Waals surface area contributed by atoms with E-state index in [1.54, 1.807) is 0 Å². The maximum atomic E-state index is 3.15. The number of nitrogens with zero attached hydrogens (tertiary/aromatic N) is 1. The van der Waals surface area contributed by atoms with Crippen molar-refractivity contribution in [2.24, 2.45) is 0 Å². The topological polar surface area (TPSA) is 15.3 Å². The first kappa shape index (κ1) is 18.7. The summed E-state index contributed by atoms with van der Waals surface area (Å²) >= 11 is 0. The average molecular weight is 190 g/mol. The number of likely N-dealkylation sites (N-methyl/N-ethyl adjacent to an activating group) is 2. The Balaban J connectivity index is -0.000000309. The van der Waals surface area contributed by atoms with Gasteiger partial charge in [-0.25, -0.2) is 0 Å². The van der Waals surface area contributed by atoms with Crippen molar-refractivity contribution in [3.8, 4) is 0 Å². The van der Waals surface area contributed by atoms with E-state index in [0.29, 0.717) is 0 Å². The van der Waals surface area contributed by atoms with Gasteiger partial charge in [0.1, 0.15) is 0 Å². The average Bonchev–Trinajstić information content (AvgIpc) is 2.15. The Morgan fingerprint density at radius 1 is 1.08 bits per heavy atom. The van der Waals surface area contributed by atoms with Gasteiger partial charge in [0.2, 0.25) is 0 Å². The second-order valence-electron chi connectivity index (χ2n) is 2.54. The highest BCUT2D eigenvalue weighted by molar-refractivity contribution is 4.54. The zero-order valence-electron chi connectivity index (χ0n) is 9.48. The second-order valence-corrected chi connectivity index (χ2v) is 2.54. The lowest BCUT2D eigenvalue weighted by atomic mass is 10.4. The Hall–Kier alpha value is -0.0800. The summed E-state index contributed by atoms with van der Waals surface area (Å²) in [6, 6.07) is 0. The first-order valence-electron chi connectivity index (χ1n) is 5.22. The van der Waals surface area contributed by atoms with Gasteiger partial charge in [0, 0.05) is 13.1 Å². The van der Waals surface area contributed by atoms with Gasteiger partial charge < -0.3 is 10.2 Å². The lowest BCUT2D eigenvalue weighted by molar-refractivity contribution is 0.290. The quantitative estimate of drug-likeness (QED) is 0.692. The normalized spacial score (nSPS) is 8.77. The van der Waals surface area contributed by atoms with E-state index in [4.69, 9.17) is 0 Å². The molecule has 0 aliphatic rings. The van der Waals surface area contributed by atoms with Crippen LogP contribution in [0.2, 0.25) is 0 Å². The molecule has 0 saturated heterocycles. The molecule has 0 bridgehead atoms. The van der Waals surface area contributed by atoms with E-state index in [9.17, 15) is 0 Å². The second kappa shape index (κ2) is 17.9. The third-order valence-corrected chi connectivity index (χ3v) is 1.67. The summed E-state index contributed by atoms with van der Waals surface area (Å²) in [7, 11) is 2.00. The molecule has 0 saturated carbocycles. The van der Waals surface area contributed by atoms with Gasteiger partial charge in [-0.15, -0.1) is 0 Å². The van der Waals surface area contributed by atoms with Gasteiger partial charge in [-0.1, -0.05) is 35.1 Å². The zero-order valence-corrected chi connectivity index (χ0v) is 9.48. The molecular formula is C11H30N2. The van der Waals surface area contributed by atoms with Crippen LogP contribution in [0.5, 0.6) is 0 Å². The summed E-state index contributed by atoms with van der Waals surface area (Å²) in [5.41, 5.74) is 0. The van der Waals surface area contributed by atoms with Gasteiger partial charge in [0.15, 0.2) is 0 Å². The smallest absolute Gasteiger partial charge is 0.0107 e. The van der Waals surface area contributed by atoms with Crippen LogP contribution in [-0.4, -0.2) is 38.1 Å². The minimum absolute atomic E-state index is 0. The summed E-state index contributed by atoms with van der Waals surface area (Å²) in [6.45, 7) is 13.1. The molecule has 0 aromatic carbocycles. The number of hydrogen-bond donors (Lipinski definition) is 1. The fraction of sp³-hybridized carbons (Fsp3) is 1.00. The molecule has 0 aliphatic carbocycles. The predicted octanol–water partition coefficient (Wildman–Crippen LogP) is 2.60. The third-order valence-electron chi connectivity index (χ3n) is 1.67. The first-order valence-corrected chi connectivity index (χ1v) is 5.22. The van der Waals surface area contributed by atoms with Gasteiger partial charge >= 0.3 is 0 Å². The maximum Gasteiger partial charge on any atom is 0.0107 e. The van der Waals surface area contributed by atoms with Crippen molar-refractivity contribution in [2.75, 3.05) is 33.2 Å². The molecule has 0 spiro atoms. The van der Waals surface area contributed by atoms with Crippen LogP contribution in [0.3, 0.4) is 0 Å². The van der Waals surface area contributed by atoms with Crippen LogP contribution in [0.4, 0.5) is 0 Å². The summed E-state index contributed by atoms with van der Waals surface area (Å²) in [5.74, 6) is 0. The lowest BCUT2D eigenvalue weighted by Crippen LogP contribution is -2.31. The van der Waals surface area contributed by atoms with Crippen LogP contribution < -0.4 is 5.32 Å². The molecule has 0 fully saturated rings. The first-order chi connectivity index (χ1) is 5.85.